The lowest BCUT2D eigenvalue weighted by atomic mass is 9.88. The molecule has 1 amide bonds. The molecule has 0 saturated carbocycles. The minimum atomic E-state index is -0.690. The van der Waals surface area contributed by atoms with Crippen LogP contribution in [0.3, 0.4) is 0 Å². The van der Waals surface area contributed by atoms with Crippen LogP contribution in [0.1, 0.15) is 55.0 Å². The summed E-state index contributed by atoms with van der Waals surface area (Å²) in [6.45, 7) is 5.30. The van der Waals surface area contributed by atoms with Crippen LogP contribution in [0.25, 0.3) is 5.76 Å². The van der Waals surface area contributed by atoms with Gasteiger partial charge in [0.2, 0.25) is 0 Å². The van der Waals surface area contributed by atoms with E-state index in [4.69, 9.17) is 9.47 Å². The number of aliphatic hydroxyl groups excluding tert-OH is 1. The van der Waals surface area contributed by atoms with Gasteiger partial charge in [-0.1, -0.05) is 38.1 Å². The van der Waals surface area contributed by atoms with Crippen LogP contribution in [0.5, 0.6) is 5.75 Å². The molecule has 0 bridgehead atoms. The molecule has 4 rings (SSSR count). The summed E-state index contributed by atoms with van der Waals surface area (Å²) >= 11 is 0. The maximum atomic E-state index is 13.1. The molecule has 1 heterocycles. The van der Waals surface area contributed by atoms with E-state index in [1.54, 1.807) is 7.11 Å². The average Bonchev–Trinajstić information content (AvgIpc) is 3.10. The van der Waals surface area contributed by atoms with Gasteiger partial charge in [-0.3, -0.25) is 9.59 Å². The molecule has 0 radical (unpaired) electrons. The number of hydrogen-bond donors (Lipinski definition) is 1. The number of methoxy groups -OCH3 is 1. The number of Topliss-reactive ketones (excluding diaryl/α,β-unsaturated/α-hetero) is 1. The predicted molar refractivity (Wildman–Crippen MR) is 131 cm³/mol. The molecular weight excluding hydrogens is 430 g/mol. The number of amides is 1. The van der Waals surface area contributed by atoms with Gasteiger partial charge in [0.05, 0.1) is 24.8 Å². The second-order valence-corrected chi connectivity index (χ2v) is 9.45. The predicted octanol–water partition coefficient (Wildman–Crippen LogP) is 4.67. The van der Waals surface area contributed by atoms with Crippen molar-refractivity contribution in [3.8, 4) is 5.75 Å². The molecule has 6 nitrogen and oxygen atoms in total. The van der Waals surface area contributed by atoms with Gasteiger partial charge in [-0.15, -0.1) is 0 Å². The van der Waals surface area contributed by atoms with Crippen molar-refractivity contribution >= 4 is 17.4 Å². The fourth-order valence-corrected chi connectivity index (χ4v) is 4.69. The van der Waals surface area contributed by atoms with Crippen molar-refractivity contribution in [2.45, 2.75) is 45.6 Å². The van der Waals surface area contributed by atoms with Crippen molar-refractivity contribution in [2.24, 2.45) is 5.92 Å². The number of aryl methyl sites for hydroxylation is 2. The van der Waals surface area contributed by atoms with E-state index < -0.39 is 17.7 Å². The topological polar surface area (TPSA) is 76.1 Å². The SMILES string of the molecule is COCCN1C(=O)C(=O)/C(=C(\O)c2ccc3c(c2)CCCC3)C1c1ccc(OCC(C)C)cc1. The van der Waals surface area contributed by atoms with Crippen LogP contribution in [0.4, 0.5) is 0 Å². The van der Waals surface area contributed by atoms with Gasteiger partial charge < -0.3 is 19.5 Å². The van der Waals surface area contributed by atoms with Crippen molar-refractivity contribution in [1.82, 2.24) is 4.90 Å². The van der Waals surface area contributed by atoms with Gasteiger partial charge in [-0.05, 0) is 66.5 Å². The molecule has 1 fully saturated rings. The summed E-state index contributed by atoms with van der Waals surface area (Å²) in [5, 5.41) is 11.3. The highest BCUT2D eigenvalue weighted by Crippen LogP contribution is 2.40. The zero-order chi connectivity index (χ0) is 24.2. The normalized spacial score (nSPS) is 19.5. The van der Waals surface area contributed by atoms with Crippen molar-refractivity contribution in [2.75, 3.05) is 26.9 Å². The molecule has 2 aromatic carbocycles. The van der Waals surface area contributed by atoms with Gasteiger partial charge >= 0.3 is 0 Å². The van der Waals surface area contributed by atoms with Gasteiger partial charge in [0.1, 0.15) is 11.5 Å². The molecule has 6 heteroatoms. The lowest BCUT2D eigenvalue weighted by Crippen LogP contribution is -2.32. The smallest absolute Gasteiger partial charge is 0.295 e. The monoisotopic (exact) mass is 463 g/mol. The number of likely N-dealkylation sites (tertiary alicyclic amines) is 1. The Kier molecular flexibility index (Phi) is 7.37. The summed E-state index contributed by atoms with van der Waals surface area (Å²) in [4.78, 5) is 27.6. The van der Waals surface area contributed by atoms with Gasteiger partial charge in [-0.25, -0.2) is 0 Å². The van der Waals surface area contributed by atoms with Gasteiger partial charge in [0.25, 0.3) is 11.7 Å². The summed E-state index contributed by atoms with van der Waals surface area (Å²) in [5.74, 6) is -0.298. The summed E-state index contributed by atoms with van der Waals surface area (Å²) in [7, 11) is 1.56. The Morgan fingerprint density at radius 3 is 2.44 bits per heavy atom. The molecule has 1 saturated heterocycles. The molecule has 0 spiro atoms. The molecule has 2 aromatic rings. The zero-order valence-corrected chi connectivity index (χ0v) is 20.2. The number of ether oxygens (including phenoxy) is 2. The number of carbonyl (C=O) groups is 2. The molecule has 180 valence electrons. The van der Waals surface area contributed by atoms with Gasteiger partial charge in [-0.2, -0.15) is 0 Å². The van der Waals surface area contributed by atoms with E-state index in [2.05, 4.69) is 13.8 Å². The lowest BCUT2D eigenvalue weighted by molar-refractivity contribution is -0.140. The number of rotatable bonds is 8. The van der Waals surface area contributed by atoms with Crippen LogP contribution in [0.15, 0.2) is 48.0 Å². The number of nitrogens with zero attached hydrogens (tertiary/aromatic N) is 1. The highest BCUT2D eigenvalue weighted by atomic mass is 16.5. The van der Waals surface area contributed by atoms with Crippen LogP contribution in [-0.4, -0.2) is 48.6 Å². The zero-order valence-electron chi connectivity index (χ0n) is 20.2. The van der Waals surface area contributed by atoms with E-state index >= 15 is 0 Å². The van der Waals surface area contributed by atoms with Crippen molar-refractivity contribution in [1.29, 1.82) is 0 Å². The quantitative estimate of drug-likeness (QED) is 0.350. The number of ketones is 1. The Morgan fingerprint density at radius 2 is 1.76 bits per heavy atom. The molecule has 2 aliphatic rings. The maximum Gasteiger partial charge on any atom is 0.295 e. The molecular formula is C28H33NO5. The first-order valence-corrected chi connectivity index (χ1v) is 12.0. The first-order valence-electron chi connectivity index (χ1n) is 12.0. The van der Waals surface area contributed by atoms with E-state index in [1.807, 2.05) is 42.5 Å². The highest BCUT2D eigenvalue weighted by molar-refractivity contribution is 6.46. The number of carbonyl (C=O) groups excluding carboxylic acids is 2. The van der Waals surface area contributed by atoms with Crippen LogP contribution in [-0.2, 0) is 27.2 Å². The Morgan fingerprint density at radius 1 is 1.06 bits per heavy atom. The van der Waals surface area contributed by atoms with Crippen LogP contribution in [0.2, 0.25) is 0 Å². The number of hydrogen-bond acceptors (Lipinski definition) is 5. The molecule has 34 heavy (non-hydrogen) atoms. The molecule has 1 N–H and O–H groups in total. The second-order valence-electron chi connectivity index (χ2n) is 9.45. The van der Waals surface area contributed by atoms with Gasteiger partial charge in [0, 0.05) is 19.2 Å². The largest absolute Gasteiger partial charge is 0.507 e. The fourth-order valence-electron chi connectivity index (χ4n) is 4.69. The van der Waals surface area contributed by atoms with E-state index in [9.17, 15) is 14.7 Å². The Balaban J connectivity index is 1.74. The van der Waals surface area contributed by atoms with Crippen LogP contribution in [0, 0.1) is 5.92 Å². The molecule has 1 aliphatic carbocycles. The van der Waals surface area contributed by atoms with Crippen LogP contribution >= 0.6 is 0 Å². The fraction of sp³-hybridized carbons (Fsp3) is 0.429. The molecule has 1 unspecified atom stereocenters. The number of fused-ring (bicyclic) bond motifs is 1. The Labute approximate surface area is 201 Å². The molecule has 1 aliphatic heterocycles. The summed E-state index contributed by atoms with van der Waals surface area (Å²) in [5.41, 5.74) is 3.93. The third kappa shape index (κ3) is 4.87. The minimum absolute atomic E-state index is 0.118. The average molecular weight is 464 g/mol. The van der Waals surface area contributed by atoms with Gasteiger partial charge in [0.15, 0.2) is 0 Å². The molecule has 0 aromatic heterocycles. The summed E-state index contributed by atoms with van der Waals surface area (Å²) in [6.07, 6.45) is 4.27. The summed E-state index contributed by atoms with van der Waals surface area (Å²) in [6, 6.07) is 12.5. The van der Waals surface area contributed by atoms with E-state index in [-0.39, 0.29) is 24.5 Å². The molecule has 1 atom stereocenters. The first-order chi connectivity index (χ1) is 16.4. The standard InChI is InChI=1S/C28H33NO5/c1-18(2)17-34-23-12-10-20(11-13-23)25-24(27(31)28(32)29(25)14-15-33-3)26(30)22-9-8-19-6-4-5-7-21(19)16-22/h8-13,16,18,25,30H,4-7,14-15,17H2,1-3H3/b26-24-. The lowest BCUT2D eigenvalue weighted by Gasteiger charge is -2.25. The number of aliphatic hydroxyl groups is 1. The third-order valence-corrected chi connectivity index (χ3v) is 6.48. The van der Waals surface area contributed by atoms with E-state index in [1.165, 1.54) is 22.4 Å². The van der Waals surface area contributed by atoms with E-state index in [0.717, 1.165) is 30.6 Å². The first kappa shape index (κ1) is 24.0. The highest BCUT2D eigenvalue weighted by Gasteiger charge is 2.45. The summed E-state index contributed by atoms with van der Waals surface area (Å²) < 4.78 is 11.0. The maximum absolute atomic E-state index is 13.1. The Hall–Kier alpha value is -3.12. The van der Waals surface area contributed by atoms with Crippen molar-refractivity contribution in [3.63, 3.8) is 0 Å². The third-order valence-electron chi connectivity index (χ3n) is 6.48. The van der Waals surface area contributed by atoms with E-state index in [0.29, 0.717) is 18.1 Å². The minimum Gasteiger partial charge on any atom is -0.507 e. The van der Waals surface area contributed by atoms with Crippen molar-refractivity contribution < 1.29 is 24.2 Å². The van der Waals surface area contributed by atoms with Crippen LogP contribution < -0.4 is 4.74 Å². The Bertz CT molecular complexity index is 1090. The second kappa shape index (κ2) is 10.4. The van der Waals surface area contributed by atoms with Crippen molar-refractivity contribution in [3.05, 3.63) is 70.3 Å². The number of benzene rings is 2.